The number of rotatable bonds is 5. The van der Waals surface area contributed by atoms with E-state index in [1.54, 1.807) is 0 Å². The van der Waals surface area contributed by atoms with Crippen LogP contribution in [0.2, 0.25) is 0 Å². The second-order valence-corrected chi connectivity index (χ2v) is 6.13. The van der Waals surface area contributed by atoms with Gasteiger partial charge in [-0.25, -0.2) is 4.79 Å². The standard InChI is InChI=1S/C16H26N2O3/c1-3-8-12(4-2)17-14(19)11-15(20)18(16(17)21)13-9-6-5-7-10-13/h12-13H,3-11H2,1-2H3. The zero-order valence-electron chi connectivity index (χ0n) is 13.1. The van der Waals surface area contributed by atoms with Gasteiger partial charge in [0.1, 0.15) is 6.42 Å². The summed E-state index contributed by atoms with van der Waals surface area (Å²) in [5, 5.41) is 0. The second-order valence-electron chi connectivity index (χ2n) is 6.13. The second kappa shape index (κ2) is 7.05. The van der Waals surface area contributed by atoms with Gasteiger partial charge in [-0.15, -0.1) is 0 Å². The average Bonchev–Trinajstić information content (AvgIpc) is 2.47. The fourth-order valence-corrected chi connectivity index (χ4v) is 3.54. The van der Waals surface area contributed by atoms with E-state index in [1.165, 1.54) is 16.2 Å². The molecule has 1 saturated heterocycles. The van der Waals surface area contributed by atoms with Gasteiger partial charge in [0.2, 0.25) is 11.8 Å². The highest BCUT2D eigenvalue weighted by molar-refractivity contribution is 6.14. The maximum absolute atomic E-state index is 12.7. The van der Waals surface area contributed by atoms with E-state index in [-0.39, 0.29) is 36.3 Å². The molecule has 1 aliphatic heterocycles. The van der Waals surface area contributed by atoms with E-state index in [4.69, 9.17) is 0 Å². The molecule has 1 atom stereocenters. The van der Waals surface area contributed by atoms with Crippen molar-refractivity contribution < 1.29 is 14.4 Å². The van der Waals surface area contributed by atoms with Crippen molar-refractivity contribution in [3.05, 3.63) is 0 Å². The summed E-state index contributed by atoms with van der Waals surface area (Å²) in [4.78, 5) is 39.8. The molecule has 2 fully saturated rings. The summed E-state index contributed by atoms with van der Waals surface area (Å²) in [7, 11) is 0. The molecule has 118 valence electrons. The number of barbiturate groups is 1. The third kappa shape index (κ3) is 3.27. The molecule has 5 nitrogen and oxygen atoms in total. The van der Waals surface area contributed by atoms with Crippen LogP contribution in [0.3, 0.4) is 0 Å². The maximum atomic E-state index is 12.7. The lowest BCUT2D eigenvalue weighted by atomic mass is 9.93. The first-order valence-electron chi connectivity index (χ1n) is 8.28. The van der Waals surface area contributed by atoms with Crippen molar-refractivity contribution in [3.8, 4) is 0 Å². The molecular formula is C16H26N2O3. The van der Waals surface area contributed by atoms with Crippen LogP contribution in [-0.2, 0) is 9.59 Å². The first-order valence-corrected chi connectivity index (χ1v) is 8.28. The van der Waals surface area contributed by atoms with Gasteiger partial charge >= 0.3 is 6.03 Å². The average molecular weight is 294 g/mol. The number of carbonyl (C=O) groups is 3. The molecular weight excluding hydrogens is 268 g/mol. The summed E-state index contributed by atoms with van der Waals surface area (Å²) in [5.41, 5.74) is 0. The summed E-state index contributed by atoms with van der Waals surface area (Å²) in [6.07, 6.45) is 7.37. The molecule has 0 radical (unpaired) electrons. The Hall–Kier alpha value is -1.39. The Balaban J connectivity index is 2.19. The molecule has 21 heavy (non-hydrogen) atoms. The normalized spacial score (nSPS) is 22.9. The molecule has 5 heteroatoms. The van der Waals surface area contributed by atoms with Gasteiger partial charge in [-0.3, -0.25) is 19.4 Å². The van der Waals surface area contributed by atoms with Crippen LogP contribution in [0, 0.1) is 0 Å². The predicted molar refractivity (Wildman–Crippen MR) is 79.6 cm³/mol. The minimum Gasteiger partial charge on any atom is -0.274 e. The number of amides is 4. The number of nitrogens with zero attached hydrogens (tertiary/aromatic N) is 2. The Bertz CT molecular complexity index is 391. The van der Waals surface area contributed by atoms with Crippen molar-refractivity contribution in [2.75, 3.05) is 0 Å². The Kier molecular flexibility index (Phi) is 5.37. The molecule has 1 aliphatic carbocycles. The number of hydrogen-bond acceptors (Lipinski definition) is 3. The fourth-order valence-electron chi connectivity index (χ4n) is 3.54. The minimum absolute atomic E-state index is 0.00603. The van der Waals surface area contributed by atoms with E-state index in [0.29, 0.717) is 0 Å². The molecule has 0 N–H and O–H groups in total. The highest BCUT2D eigenvalue weighted by atomic mass is 16.2. The highest BCUT2D eigenvalue weighted by Gasteiger charge is 2.43. The quantitative estimate of drug-likeness (QED) is 0.732. The zero-order chi connectivity index (χ0) is 15.4. The molecule has 0 bridgehead atoms. The molecule has 2 aliphatic rings. The Morgan fingerprint density at radius 2 is 1.71 bits per heavy atom. The fraction of sp³-hybridized carbons (Fsp3) is 0.812. The van der Waals surface area contributed by atoms with Crippen molar-refractivity contribution in [1.29, 1.82) is 0 Å². The molecule has 1 unspecified atom stereocenters. The van der Waals surface area contributed by atoms with Crippen LogP contribution in [-0.4, -0.2) is 39.7 Å². The van der Waals surface area contributed by atoms with Crippen molar-refractivity contribution >= 4 is 17.8 Å². The van der Waals surface area contributed by atoms with Gasteiger partial charge in [-0.2, -0.15) is 0 Å². The third-order valence-corrected chi connectivity index (χ3v) is 4.65. The summed E-state index contributed by atoms with van der Waals surface area (Å²) >= 11 is 0. The first-order chi connectivity index (χ1) is 10.1. The topological polar surface area (TPSA) is 57.7 Å². The Morgan fingerprint density at radius 3 is 2.29 bits per heavy atom. The van der Waals surface area contributed by atoms with Crippen LogP contribution in [0.15, 0.2) is 0 Å². The highest BCUT2D eigenvalue weighted by Crippen LogP contribution is 2.28. The number of urea groups is 1. The Labute approximate surface area is 126 Å². The largest absolute Gasteiger partial charge is 0.333 e. The van der Waals surface area contributed by atoms with Gasteiger partial charge in [-0.1, -0.05) is 39.5 Å². The van der Waals surface area contributed by atoms with Crippen LogP contribution >= 0.6 is 0 Å². The van der Waals surface area contributed by atoms with Gasteiger partial charge in [0.05, 0.1) is 0 Å². The van der Waals surface area contributed by atoms with Crippen molar-refractivity contribution in [2.24, 2.45) is 0 Å². The van der Waals surface area contributed by atoms with E-state index in [1.807, 2.05) is 13.8 Å². The van der Waals surface area contributed by atoms with Crippen LogP contribution in [0.25, 0.3) is 0 Å². The van der Waals surface area contributed by atoms with Gasteiger partial charge < -0.3 is 0 Å². The summed E-state index contributed by atoms with van der Waals surface area (Å²) < 4.78 is 0. The third-order valence-electron chi connectivity index (χ3n) is 4.65. The van der Waals surface area contributed by atoms with Gasteiger partial charge in [0.15, 0.2) is 0 Å². The molecule has 0 aromatic rings. The predicted octanol–water partition coefficient (Wildman–Crippen LogP) is 3.08. The maximum Gasteiger partial charge on any atom is 0.333 e. The Morgan fingerprint density at radius 1 is 1.05 bits per heavy atom. The van der Waals surface area contributed by atoms with Crippen LogP contribution in [0.1, 0.15) is 71.6 Å². The van der Waals surface area contributed by atoms with Crippen molar-refractivity contribution in [2.45, 2.75) is 83.7 Å². The zero-order valence-corrected chi connectivity index (χ0v) is 13.1. The summed E-state index contributed by atoms with van der Waals surface area (Å²) in [6, 6.07) is -0.453. The summed E-state index contributed by atoms with van der Waals surface area (Å²) in [5.74, 6) is -0.628. The molecule has 0 aromatic carbocycles. The molecule has 0 aromatic heterocycles. The van der Waals surface area contributed by atoms with Crippen LogP contribution in [0.5, 0.6) is 0 Å². The van der Waals surface area contributed by atoms with E-state index < -0.39 is 0 Å². The number of imide groups is 2. The minimum atomic E-state index is -0.372. The lowest BCUT2D eigenvalue weighted by molar-refractivity contribution is -0.145. The molecule has 1 heterocycles. The van der Waals surface area contributed by atoms with E-state index in [2.05, 4.69) is 0 Å². The van der Waals surface area contributed by atoms with E-state index in [9.17, 15) is 14.4 Å². The van der Waals surface area contributed by atoms with Crippen LogP contribution in [0.4, 0.5) is 4.79 Å². The molecule has 0 spiro atoms. The number of carbonyl (C=O) groups excluding carboxylic acids is 3. The van der Waals surface area contributed by atoms with Gasteiger partial charge in [0.25, 0.3) is 0 Å². The first kappa shape index (κ1) is 16.0. The SMILES string of the molecule is CCCC(CC)N1C(=O)CC(=O)N(C2CCCCC2)C1=O. The molecule has 1 saturated carbocycles. The number of hydrogen-bond donors (Lipinski definition) is 0. The van der Waals surface area contributed by atoms with E-state index in [0.717, 1.165) is 44.9 Å². The van der Waals surface area contributed by atoms with Crippen LogP contribution < -0.4 is 0 Å². The molecule has 2 rings (SSSR count). The van der Waals surface area contributed by atoms with Gasteiger partial charge in [-0.05, 0) is 25.7 Å². The van der Waals surface area contributed by atoms with E-state index >= 15 is 0 Å². The lowest BCUT2D eigenvalue weighted by Crippen LogP contribution is -2.61. The van der Waals surface area contributed by atoms with Crippen molar-refractivity contribution in [1.82, 2.24) is 9.80 Å². The molecule has 4 amide bonds. The monoisotopic (exact) mass is 294 g/mol. The van der Waals surface area contributed by atoms with Gasteiger partial charge in [0, 0.05) is 12.1 Å². The summed E-state index contributed by atoms with van der Waals surface area (Å²) in [6.45, 7) is 4.04. The van der Waals surface area contributed by atoms with Crippen molar-refractivity contribution in [3.63, 3.8) is 0 Å². The lowest BCUT2D eigenvalue weighted by Gasteiger charge is -2.41. The smallest absolute Gasteiger partial charge is 0.274 e.